The Morgan fingerprint density at radius 3 is 2.67 bits per heavy atom. The lowest BCUT2D eigenvalue weighted by molar-refractivity contribution is 0.217. The predicted molar refractivity (Wildman–Crippen MR) is 71.6 cm³/mol. The summed E-state index contributed by atoms with van der Waals surface area (Å²) in [5, 5.41) is 2.67. The van der Waals surface area contributed by atoms with Crippen LogP contribution in [0.2, 0.25) is 0 Å². The van der Waals surface area contributed by atoms with Gasteiger partial charge in [0.2, 0.25) is 0 Å². The smallest absolute Gasteiger partial charge is 0.317 e. The number of hydrogen-bond donors (Lipinski definition) is 2. The summed E-state index contributed by atoms with van der Waals surface area (Å²) in [6.45, 7) is 2.36. The molecule has 0 aromatic carbocycles. The van der Waals surface area contributed by atoms with Gasteiger partial charge in [-0.25, -0.2) is 4.79 Å². The van der Waals surface area contributed by atoms with Crippen molar-refractivity contribution in [3.05, 3.63) is 33.7 Å². The fourth-order valence-corrected chi connectivity index (χ4v) is 1.53. The molecule has 1 aromatic rings. The van der Waals surface area contributed by atoms with Gasteiger partial charge in [-0.1, -0.05) is 19.4 Å². The summed E-state index contributed by atoms with van der Waals surface area (Å²) in [4.78, 5) is 27.4. The first-order chi connectivity index (χ1) is 8.54. The lowest BCUT2D eigenvalue weighted by atomic mass is 10.1. The molecule has 5 nitrogen and oxygen atoms in total. The summed E-state index contributed by atoms with van der Waals surface area (Å²) >= 11 is 0. The van der Waals surface area contributed by atoms with E-state index in [1.807, 2.05) is 6.07 Å². The van der Waals surface area contributed by atoms with Crippen LogP contribution in [0.25, 0.3) is 0 Å². The van der Waals surface area contributed by atoms with E-state index < -0.39 is 0 Å². The van der Waals surface area contributed by atoms with Crippen molar-refractivity contribution >= 4 is 6.03 Å². The molecule has 0 aliphatic rings. The molecule has 0 unspecified atom stereocenters. The second kappa shape index (κ2) is 6.83. The zero-order valence-electron chi connectivity index (χ0n) is 11.2. The summed E-state index contributed by atoms with van der Waals surface area (Å²) < 4.78 is 0. The normalized spacial score (nSPS) is 10.2. The maximum absolute atomic E-state index is 11.8. The Labute approximate surface area is 107 Å². The molecule has 0 aliphatic heterocycles. The average Bonchev–Trinajstić information content (AvgIpc) is 2.34. The molecule has 1 aromatic heterocycles. The summed E-state index contributed by atoms with van der Waals surface area (Å²) in [5.41, 5.74) is 1.40. The number of aromatic nitrogens is 1. The Kier molecular flexibility index (Phi) is 5.42. The Hall–Kier alpha value is -1.78. The van der Waals surface area contributed by atoms with Crippen LogP contribution in [0.1, 0.15) is 31.0 Å². The van der Waals surface area contributed by atoms with E-state index in [1.165, 1.54) is 4.90 Å². The molecule has 0 atom stereocenters. The van der Waals surface area contributed by atoms with E-state index in [0.717, 1.165) is 25.0 Å². The van der Waals surface area contributed by atoms with Crippen LogP contribution in [-0.2, 0) is 13.0 Å². The van der Waals surface area contributed by atoms with Crippen LogP contribution in [0.5, 0.6) is 0 Å². The van der Waals surface area contributed by atoms with Crippen molar-refractivity contribution in [2.24, 2.45) is 0 Å². The lowest BCUT2D eigenvalue weighted by Gasteiger charge is -2.11. The Morgan fingerprint density at radius 2 is 2.11 bits per heavy atom. The van der Waals surface area contributed by atoms with Gasteiger partial charge in [-0.15, -0.1) is 0 Å². The molecular formula is C13H21N3O2. The first-order valence-electron chi connectivity index (χ1n) is 6.20. The molecule has 0 saturated carbocycles. The Morgan fingerprint density at radius 1 is 1.39 bits per heavy atom. The van der Waals surface area contributed by atoms with Crippen LogP contribution in [0, 0.1) is 0 Å². The number of rotatable bonds is 5. The molecule has 0 fully saturated rings. The zero-order valence-corrected chi connectivity index (χ0v) is 11.2. The van der Waals surface area contributed by atoms with Gasteiger partial charge >= 0.3 is 6.03 Å². The quantitative estimate of drug-likeness (QED) is 0.832. The number of aryl methyl sites for hydroxylation is 1. The molecule has 2 amide bonds. The maximum Gasteiger partial charge on any atom is 0.317 e. The molecule has 0 saturated heterocycles. The molecule has 0 bridgehead atoms. The molecule has 1 rings (SSSR count). The summed E-state index contributed by atoms with van der Waals surface area (Å²) in [6, 6.07) is 3.48. The van der Waals surface area contributed by atoms with Crippen molar-refractivity contribution < 1.29 is 4.79 Å². The molecule has 1 heterocycles. The van der Waals surface area contributed by atoms with Crippen LogP contribution < -0.4 is 10.9 Å². The van der Waals surface area contributed by atoms with Crippen molar-refractivity contribution in [3.63, 3.8) is 0 Å². The second-order valence-electron chi connectivity index (χ2n) is 4.49. The molecular weight excluding hydrogens is 230 g/mol. The molecule has 0 aliphatic carbocycles. The van der Waals surface area contributed by atoms with E-state index in [-0.39, 0.29) is 18.1 Å². The first kappa shape index (κ1) is 14.3. The maximum atomic E-state index is 11.8. The number of nitrogens with one attached hydrogen (secondary N) is 2. The van der Waals surface area contributed by atoms with E-state index in [2.05, 4.69) is 17.2 Å². The third-order valence-corrected chi connectivity index (χ3v) is 2.69. The molecule has 100 valence electrons. The van der Waals surface area contributed by atoms with Gasteiger partial charge in [-0.2, -0.15) is 0 Å². The Bertz CT molecular complexity index is 452. The van der Waals surface area contributed by atoms with Crippen LogP contribution in [0.4, 0.5) is 4.79 Å². The van der Waals surface area contributed by atoms with E-state index in [9.17, 15) is 9.59 Å². The van der Waals surface area contributed by atoms with Gasteiger partial charge in [0.05, 0.1) is 0 Å². The number of pyridine rings is 1. The van der Waals surface area contributed by atoms with Gasteiger partial charge in [0.25, 0.3) is 5.56 Å². The Balaban J connectivity index is 2.63. The fourth-order valence-electron chi connectivity index (χ4n) is 1.53. The van der Waals surface area contributed by atoms with Gasteiger partial charge in [0, 0.05) is 31.9 Å². The van der Waals surface area contributed by atoms with Crippen LogP contribution in [0.3, 0.4) is 0 Å². The number of aromatic amines is 1. The van der Waals surface area contributed by atoms with Crippen LogP contribution in [-0.4, -0.2) is 30.0 Å². The minimum atomic E-state index is -0.204. The molecule has 0 radical (unpaired) electrons. The van der Waals surface area contributed by atoms with Crippen LogP contribution in [0.15, 0.2) is 16.9 Å². The predicted octanol–water partition coefficient (Wildman–Crippen LogP) is 1.49. The third kappa shape index (κ3) is 4.24. The van der Waals surface area contributed by atoms with Crippen molar-refractivity contribution in [2.45, 2.75) is 32.7 Å². The highest BCUT2D eigenvalue weighted by Crippen LogP contribution is 2.01. The SMILES string of the molecule is CCCCc1ccc(CNC(=O)N(C)C)c(=O)[nH]1. The van der Waals surface area contributed by atoms with Gasteiger partial charge in [-0.3, -0.25) is 4.79 Å². The highest BCUT2D eigenvalue weighted by Gasteiger charge is 2.05. The summed E-state index contributed by atoms with van der Waals surface area (Å²) in [7, 11) is 3.32. The van der Waals surface area contributed by atoms with Gasteiger partial charge in [-0.05, 0) is 18.9 Å². The largest absolute Gasteiger partial charge is 0.334 e. The van der Waals surface area contributed by atoms with Crippen molar-refractivity contribution in [1.82, 2.24) is 15.2 Å². The van der Waals surface area contributed by atoms with E-state index in [1.54, 1.807) is 20.2 Å². The molecule has 5 heteroatoms. The topological polar surface area (TPSA) is 65.2 Å². The van der Waals surface area contributed by atoms with Crippen molar-refractivity contribution in [3.8, 4) is 0 Å². The van der Waals surface area contributed by atoms with Gasteiger partial charge in [0.15, 0.2) is 0 Å². The number of nitrogens with zero attached hydrogens (tertiary/aromatic N) is 1. The average molecular weight is 251 g/mol. The van der Waals surface area contributed by atoms with E-state index in [0.29, 0.717) is 5.56 Å². The van der Waals surface area contributed by atoms with Gasteiger partial charge < -0.3 is 15.2 Å². The highest BCUT2D eigenvalue weighted by molar-refractivity contribution is 5.73. The number of urea groups is 1. The standard InChI is InChI=1S/C13H21N3O2/c1-4-5-6-11-8-7-10(12(17)15-11)9-14-13(18)16(2)3/h7-8H,4-6,9H2,1-3H3,(H,14,18)(H,15,17). The number of amides is 2. The first-order valence-corrected chi connectivity index (χ1v) is 6.20. The highest BCUT2D eigenvalue weighted by atomic mass is 16.2. The molecule has 0 spiro atoms. The van der Waals surface area contributed by atoms with E-state index in [4.69, 9.17) is 0 Å². The number of carbonyl (C=O) groups is 1. The number of carbonyl (C=O) groups excluding carboxylic acids is 1. The molecule has 2 N–H and O–H groups in total. The minimum absolute atomic E-state index is 0.123. The van der Waals surface area contributed by atoms with Crippen molar-refractivity contribution in [1.29, 1.82) is 0 Å². The second-order valence-corrected chi connectivity index (χ2v) is 4.49. The molecule has 18 heavy (non-hydrogen) atoms. The fraction of sp³-hybridized carbons (Fsp3) is 0.538. The van der Waals surface area contributed by atoms with Crippen LogP contribution >= 0.6 is 0 Å². The number of H-pyrrole nitrogens is 1. The monoisotopic (exact) mass is 251 g/mol. The van der Waals surface area contributed by atoms with E-state index >= 15 is 0 Å². The number of unbranched alkanes of at least 4 members (excludes halogenated alkanes) is 1. The van der Waals surface area contributed by atoms with Crippen molar-refractivity contribution in [2.75, 3.05) is 14.1 Å². The summed E-state index contributed by atoms with van der Waals surface area (Å²) in [6.07, 6.45) is 3.05. The lowest BCUT2D eigenvalue weighted by Crippen LogP contribution is -2.35. The van der Waals surface area contributed by atoms with Gasteiger partial charge in [0.1, 0.15) is 0 Å². The summed E-state index contributed by atoms with van der Waals surface area (Å²) in [5.74, 6) is 0. The zero-order chi connectivity index (χ0) is 13.5. The number of hydrogen-bond acceptors (Lipinski definition) is 2. The third-order valence-electron chi connectivity index (χ3n) is 2.69. The minimum Gasteiger partial charge on any atom is -0.334 e.